The number of esters is 1. The highest BCUT2D eigenvalue weighted by atomic mass is 127. The largest absolute Gasteiger partial charge is 0.463 e. The van der Waals surface area contributed by atoms with Gasteiger partial charge in [0.1, 0.15) is 0 Å². The number of carbonyl (C=O) groups is 1. The standard InChI is InChI=1S/C7H13IO3/c1-5(2)11-7(10)3-6(9)4-8/h5-6,9H,3-4H2,1-2H3. The molecule has 3 nitrogen and oxygen atoms in total. The number of hydrogen-bond acceptors (Lipinski definition) is 3. The predicted molar refractivity (Wildman–Crippen MR) is 50.7 cm³/mol. The van der Waals surface area contributed by atoms with E-state index in [0.29, 0.717) is 4.43 Å². The average molecular weight is 272 g/mol. The van der Waals surface area contributed by atoms with Gasteiger partial charge in [0.25, 0.3) is 0 Å². The van der Waals surface area contributed by atoms with E-state index in [1.165, 1.54) is 0 Å². The van der Waals surface area contributed by atoms with Gasteiger partial charge >= 0.3 is 5.97 Å². The lowest BCUT2D eigenvalue weighted by molar-refractivity contribution is -0.149. The molecule has 0 fully saturated rings. The lowest BCUT2D eigenvalue weighted by atomic mass is 10.3. The molecule has 0 aliphatic carbocycles. The van der Waals surface area contributed by atoms with Crippen LogP contribution in [0.25, 0.3) is 0 Å². The van der Waals surface area contributed by atoms with Gasteiger partial charge in [-0.05, 0) is 13.8 Å². The lowest BCUT2D eigenvalue weighted by Crippen LogP contribution is -2.19. The Morgan fingerprint density at radius 3 is 2.55 bits per heavy atom. The second kappa shape index (κ2) is 5.77. The number of ether oxygens (including phenoxy) is 1. The van der Waals surface area contributed by atoms with Gasteiger partial charge in [0.2, 0.25) is 0 Å². The van der Waals surface area contributed by atoms with Gasteiger partial charge in [-0.25, -0.2) is 0 Å². The maximum Gasteiger partial charge on any atom is 0.308 e. The fraction of sp³-hybridized carbons (Fsp3) is 0.857. The van der Waals surface area contributed by atoms with E-state index in [2.05, 4.69) is 0 Å². The normalized spacial score (nSPS) is 13.2. The molecule has 0 saturated heterocycles. The molecule has 0 aliphatic rings. The zero-order chi connectivity index (χ0) is 8.85. The number of rotatable bonds is 4. The van der Waals surface area contributed by atoms with Gasteiger partial charge in [0.05, 0.1) is 18.6 Å². The van der Waals surface area contributed by atoms with Gasteiger partial charge in [-0.2, -0.15) is 0 Å². The van der Waals surface area contributed by atoms with Crippen molar-refractivity contribution < 1.29 is 14.6 Å². The van der Waals surface area contributed by atoms with Gasteiger partial charge in [0, 0.05) is 4.43 Å². The van der Waals surface area contributed by atoms with E-state index in [9.17, 15) is 4.79 Å². The summed E-state index contributed by atoms with van der Waals surface area (Å²) in [4.78, 5) is 10.8. The summed E-state index contributed by atoms with van der Waals surface area (Å²) in [6, 6.07) is 0. The van der Waals surface area contributed by atoms with E-state index < -0.39 is 6.10 Å². The van der Waals surface area contributed by atoms with Crippen LogP contribution in [0.3, 0.4) is 0 Å². The Morgan fingerprint density at radius 2 is 2.18 bits per heavy atom. The van der Waals surface area contributed by atoms with Gasteiger partial charge < -0.3 is 9.84 Å². The molecule has 0 heterocycles. The maximum atomic E-state index is 10.8. The van der Waals surface area contributed by atoms with Crippen molar-refractivity contribution in [1.82, 2.24) is 0 Å². The third-order valence-corrected chi connectivity index (χ3v) is 1.96. The second-order valence-corrected chi connectivity index (χ2v) is 3.43. The van der Waals surface area contributed by atoms with Crippen LogP contribution >= 0.6 is 22.6 Å². The van der Waals surface area contributed by atoms with Crippen LogP contribution in [0.1, 0.15) is 20.3 Å². The summed E-state index contributed by atoms with van der Waals surface area (Å²) in [5.41, 5.74) is 0. The van der Waals surface area contributed by atoms with Crippen molar-refractivity contribution in [3.05, 3.63) is 0 Å². The highest BCUT2D eigenvalue weighted by Gasteiger charge is 2.11. The molecule has 1 unspecified atom stereocenters. The molecule has 66 valence electrons. The van der Waals surface area contributed by atoms with E-state index in [1.54, 1.807) is 13.8 Å². The summed E-state index contributed by atoms with van der Waals surface area (Å²) in [6.07, 6.45) is -0.563. The molecule has 0 radical (unpaired) electrons. The minimum Gasteiger partial charge on any atom is -0.463 e. The first-order valence-corrected chi connectivity index (χ1v) is 5.02. The topological polar surface area (TPSA) is 46.5 Å². The van der Waals surface area contributed by atoms with Gasteiger partial charge in [-0.1, -0.05) is 22.6 Å². The van der Waals surface area contributed by atoms with Crippen LogP contribution in [0.5, 0.6) is 0 Å². The van der Waals surface area contributed by atoms with Crippen molar-refractivity contribution in [3.8, 4) is 0 Å². The monoisotopic (exact) mass is 272 g/mol. The van der Waals surface area contributed by atoms with E-state index >= 15 is 0 Å². The molecule has 0 rings (SSSR count). The third-order valence-electron chi connectivity index (χ3n) is 0.948. The van der Waals surface area contributed by atoms with Crippen molar-refractivity contribution in [2.24, 2.45) is 0 Å². The first kappa shape index (κ1) is 11.2. The Morgan fingerprint density at radius 1 is 1.64 bits per heavy atom. The molecule has 0 amide bonds. The molecular weight excluding hydrogens is 259 g/mol. The Kier molecular flexibility index (Phi) is 5.85. The van der Waals surface area contributed by atoms with E-state index in [1.807, 2.05) is 22.6 Å². The molecule has 0 aromatic carbocycles. The quantitative estimate of drug-likeness (QED) is 0.474. The fourth-order valence-corrected chi connectivity index (χ4v) is 0.869. The molecule has 0 bridgehead atoms. The number of hydrogen-bond donors (Lipinski definition) is 1. The molecular formula is C7H13IO3. The summed E-state index contributed by atoms with van der Waals surface area (Å²) in [5.74, 6) is -0.329. The summed E-state index contributed by atoms with van der Waals surface area (Å²) < 4.78 is 5.38. The van der Waals surface area contributed by atoms with Crippen LogP contribution in [0, 0.1) is 0 Å². The van der Waals surface area contributed by atoms with Crippen molar-refractivity contribution >= 4 is 28.6 Å². The average Bonchev–Trinajstić information content (AvgIpc) is 1.85. The molecule has 0 aliphatic heterocycles. The summed E-state index contributed by atoms with van der Waals surface area (Å²) in [7, 11) is 0. The van der Waals surface area contributed by atoms with Gasteiger partial charge in [0.15, 0.2) is 0 Å². The highest BCUT2D eigenvalue weighted by molar-refractivity contribution is 14.1. The van der Waals surface area contributed by atoms with Crippen molar-refractivity contribution in [3.63, 3.8) is 0 Å². The van der Waals surface area contributed by atoms with Crippen LogP contribution in [-0.4, -0.2) is 27.7 Å². The predicted octanol–water partition coefficient (Wildman–Crippen LogP) is 1.12. The Bertz CT molecular complexity index is 125. The van der Waals surface area contributed by atoms with Crippen molar-refractivity contribution in [1.29, 1.82) is 0 Å². The van der Waals surface area contributed by atoms with Crippen LogP contribution in [0.4, 0.5) is 0 Å². The number of alkyl halides is 1. The van der Waals surface area contributed by atoms with Gasteiger partial charge in [-0.15, -0.1) is 0 Å². The van der Waals surface area contributed by atoms with Gasteiger partial charge in [-0.3, -0.25) is 4.79 Å². The number of aliphatic hydroxyl groups excluding tert-OH is 1. The summed E-state index contributed by atoms with van der Waals surface area (Å²) in [5, 5.41) is 9.03. The summed E-state index contributed by atoms with van der Waals surface area (Å²) >= 11 is 2.02. The smallest absolute Gasteiger partial charge is 0.308 e. The highest BCUT2D eigenvalue weighted by Crippen LogP contribution is 2.00. The Hall–Kier alpha value is 0.160. The third kappa shape index (κ3) is 6.55. The molecule has 0 aromatic heterocycles. The van der Waals surface area contributed by atoms with E-state index in [4.69, 9.17) is 9.84 Å². The molecule has 1 atom stereocenters. The van der Waals surface area contributed by atoms with Crippen LogP contribution in [0.2, 0.25) is 0 Å². The molecule has 0 saturated carbocycles. The molecule has 4 heteroatoms. The van der Waals surface area contributed by atoms with Crippen molar-refractivity contribution in [2.45, 2.75) is 32.5 Å². The maximum absolute atomic E-state index is 10.8. The zero-order valence-electron chi connectivity index (χ0n) is 6.71. The minimum atomic E-state index is -0.568. The first-order chi connectivity index (χ1) is 5.06. The van der Waals surface area contributed by atoms with Crippen LogP contribution in [0.15, 0.2) is 0 Å². The number of aliphatic hydroxyl groups is 1. The van der Waals surface area contributed by atoms with E-state index in [-0.39, 0.29) is 18.5 Å². The minimum absolute atomic E-state index is 0.0936. The van der Waals surface area contributed by atoms with Crippen molar-refractivity contribution in [2.75, 3.05) is 4.43 Å². The fourth-order valence-electron chi connectivity index (χ4n) is 0.558. The van der Waals surface area contributed by atoms with Crippen LogP contribution in [-0.2, 0) is 9.53 Å². The first-order valence-electron chi connectivity index (χ1n) is 3.49. The molecule has 0 spiro atoms. The summed E-state index contributed by atoms with van der Waals surface area (Å²) in [6.45, 7) is 3.57. The zero-order valence-corrected chi connectivity index (χ0v) is 8.87. The SMILES string of the molecule is CC(C)OC(=O)CC(O)CI. The van der Waals surface area contributed by atoms with E-state index in [0.717, 1.165) is 0 Å². The number of carbonyl (C=O) groups excluding carboxylic acids is 1. The van der Waals surface area contributed by atoms with Crippen LogP contribution < -0.4 is 0 Å². The number of halogens is 1. The molecule has 11 heavy (non-hydrogen) atoms. The Balaban J connectivity index is 3.52. The molecule has 0 aromatic rings. The Labute approximate surface area is 80.3 Å². The molecule has 1 N–H and O–H groups in total. The lowest BCUT2D eigenvalue weighted by Gasteiger charge is -2.09. The second-order valence-electron chi connectivity index (χ2n) is 2.55.